The Kier molecular flexibility index (Phi) is 3.14. The van der Waals surface area contributed by atoms with Gasteiger partial charge in [-0.05, 0) is 42.7 Å². The Bertz CT molecular complexity index is 650. The molecule has 102 valence electrons. The highest BCUT2D eigenvalue weighted by Crippen LogP contribution is 2.32. The Labute approximate surface area is 118 Å². The Balaban J connectivity index is 1.88. The van der Waals surface area contributed by atoms with Crippen LogP contribution in [0.4, 0.5) is 5.69 Å². The van der Waals surface area contributed by atoms with Gasteiger partial charge in [0.2, 0.25) is 0 Å². The normalized spacial score (nSPS) is 17.1. The van der Waals surface area contributed by atoms with Crippen LogP contribution in [0.3, 0.4) is 0 Å². The zero-order valence-electron chi connectivity index (χ0n) is 11.5. The quantitative estimate of drug-likeness (QED) is 0.662. The summed E-state index contributed by atoms with van der Waals surface area (Å²) in [5.41, 5.74) is 9.89. The third-order valence-corrected chi connectivity index (χ3v) is 3.80. The molecular formula is C16H18N4. The molecule has 4 heteroatoms. The van der Waals surface area contributed by atoms with E-state index in [2.05, 4.69) is 41.1 Å². The van der Waals surface area contributed by atoms with Crippen molar-refractivity contribution in [1.29, 1.82) is 5.41 Å². The summed E-state index contributed by atoms with van der Waals surface area (Å²) in [5.74, 6) is 0.0155. The van der Waals surface area contributed by atoms with Gasteiger partial charge in [0.1, 0.15) is 11.5 Å². The molecule has 3 rings (SSSR count). The first-order valence-corrected chi connectivity index (χ1v) is 6.79. The molecule has 0 bridgehead atoms. The van der Waals surface area contributed by atoms with Crippen molar-refractivity contribution in [2.24, 2.45) is 5.73 Å². The van der Waals surface area contributed by atoms with Crippen LogP contribution in [0.25, 0.3) is 0 Å². The summed E-state index contributed by atoms with van der Waals surface area (Å²) in [7, 11) is 0. The molecule has 20 heavy (non-hydrogen) atoms. The van der Waals surface area contributed by atoms with Gasteiger partial charge < -0.3 is 10.6 Å². The number of benzene rings is 1. The number of aromatic nitrogens is 1. The molecule has 0 saturated heterocycles. The fourth-order valence-electron chi connectivity index (χ4n) is 2.79. The number of nitrogen functional groups attached to an aromatic ring is 1. The number of nitrogens with zero attached hydrogens (tertiary/aromatic N) is 2. The van der Waals surface area contributed by atoms with Crippen molar-refractivity contribution in [3.8, 4) is 0 Å². The summed E-state index contributed by atoms with van der Waals surface area (Å²) in [6, 6.07) is 12.9. The molecule has 1 unspecified atom stereocenters. The number of anilines is 1. The monoisotopic (exact) mass is 266 g/mol. The molecule has 3 N–H and O–H groups in total. The third kappa shape index (κ3) is 2.25. The Morgan fingerprint density at radius 1 is 1.40 bits per heavy atom. The predicted molar refractivity (Wildman–Crippen MR) is 81.0 cm³/mol. The molecule has 0 spiro atoms. The second kappa shape index (κ2) is 4.96. The van der Waals surface area contributed by atoms with E-state index in [1.807, 2.05) is 12.1 Å². The lowest BCUT2D eigenvalue weighted by Gasteiger charge is -2.25. The van der Waals surface area contributed by atoms with Crippen LogP contribution < -0.4 is 10.6 Å². The Morgan fingerprint density at radius 3 is 3.00 bits per heavy atom. The molecule has 1 aromatic heterocycles. The smallest absolute Gasteiger partial charge is 0.141 e. The zero-order valence-corrected chi connectivity index (χ0v) is 11.5. The van der Waals surface area contributed by atoms with Gasteiger partial charge in [-0.3, -0.25) is 10.4 Å². The van der Waals surface area contributed by atoms with E-state index in [9.17, 15) is 0 Å². The van der Waals surface area contributed by atoms with Crippen molar-refractivity contribution >= 4 is 11.5 Å². The van der Waals surface area contributed by atoms with E-state index in [0.29, 0.717) is 11.7 Å². The summed E-state index contributed by atoms with van der Waals surface area (Å²) in [4.78, 5) is 6.51. The van der Waals surface area contributed by atoms with Gasteiger partial charge in [-0.1, -0.05) is 18.2 Å². The fraction of sp³-hybridized carbons (Fsp3) is 0.250. The van der Waals surface area contributed by atoms with E-state index >= 15 is 0 Å². The minimum atomic E-state index is 0.0155. The molecule has 4 nitrogen and oxygen atoms in total. The molecule has 1 atom stereocenters. The molecule has 1 aromatic carbocycles. The first-order chi connectivity index (χ1) is 9.65. The van der Waals surface area contributed by atoms with Crippen molar-refractivity contribution in [3.05, 3.63) is 59.4 Å². The Morgan fingerprint density at radius 2 is 2.20 bits per heavy atom. The molecule has 1 aliphatic heterocycles. The van der Waals surface area contributed by atoms with Gasteiger partial charge in [0.15, 0.2) is 0 Å². The van der Waals surface area contributed by atoms with Gasteiger partial charge in [0, 0.05) is 24.5 Å². The fourth-order valence-corrected chi connectivity index (χ4v) is 2.79. The van der Waals surface area contributed by atoms with Crippen molar-refractivity contribution < 1.29 is 0 Å². The number of fused-ring (bicyclic) bond motifs is 1. The summed E-state index contributed by atoms with van der Waals surface area (Å²) in [5, 5.41) is 7.48. The van der Waals surface area contributed by atoms with Crippen molar-refractivity contribution in [2.75, 3.05) is 4.90 Å². The number of hydrogen-bond donors (Lipinski definition) is 2. The number of nitrogens with two attached hydrogens (primary N) is 1. The zero-order chi connectivity index (χ0) is 14.1. The molecule has 1 aliphatic rings. The average Bonchev–Trinajstić information content (AvgIpc) is 2.76. The van der Waals surface area contributed by atoms with E-state index in [-0.39, 0.29) is 5.84 Å². The summed E-state index contributed by atoms with van der Waals surface area (Å²) in [6.07, 6.45) is 2.81. The number of amidine groups is 1. The predicted octanol–water partition coefficient (Wildman–Crippen LogP) is 2.32. The van der Waals surface area contributed by atoms with E-state index in [4.69, 9.17) is 11.1 Å². The standard InChI is InChI=1S/C16H18N4/c1-11-8-13-4-2-3-5-15(13)20(11)10-12-6-7-19-14(9-12)16(17)18/h2-7,9,11H,8,10H2,1H3,(H3,17,18). The number of rotatable bonds is 3. The lowest BCUT2D eigenvalue weighted by molar-refractivity contribution is 0.672. The molecule has 0 aliphatic carbocycles. The topological polar surface area (TPSA) is 66.0 Å². The third-order valence-electron chi connectivity index (χ3n) is 3.80. The summed E-state index contributed by atoms with van der Waals surface area (Å²) >= 11 is 0. The van der Waals surface area contributed by atoms with Crippen molar-refractivity contribution in [3.63, 3.8) is 0 Å². The second-order valence-corrected chi connectivity index (χ2v) is 5.27. The van der Waals surface area contributed by atoms with Gasteiger partial charge >= 0.3 is 0 Å². The average molecular weight is 266 g/mol. The van der Waals surface area contributed by atoms with Crippen LogP contribution in [-0.4, -0.2) is 16.9 Å². The molecule has 0 radical (unpaired) electrons. The van der Waals surface area contributed by atoms with Gasteiger partial charge in [-0.2, -0.15) is 0 Å². The highest BCUT2D eigenvalue weighted by molar-refractivity contribution is 5.93. The highest BCUT2D eigenvalue weighted by Gasteiger charge is 2.25. The Hall–Kier alpha value is -2.36. The number of pyridine rings is 1. The maximum absolute atomic E-state index is 7.48. The first-order valence-electron chi connectivity index (χ1n) is 6.79. The number of para-hydroxylation sites is 1. The van der Waals surface area contributed by atoms with Crippen LogP contribution in [0.2, 0.25) is 0 Å². The maximum Gasteiger partial charge on any atom is 0.141 e. The molecule has 2 heterocycles. The van der Waals surface area contributed by atoms with Crippen LogP contribution >= 0.6 is 0 Å². The molecule has 2 aromatic rings. The van der Waals surface area contributed by atoms with Crippen LogP contribution in [0.1, 0.15) is 23.7 Å². The van der Waals surface area contributed by atoms with E-state index in [1.54, 1.807) is 6.20 Å². The molecule has 0 amide bonds. The van der Waals surface area contributed by atoms with Crippen LogP contribution in [-0.2, 0) is 13.0 Å². The minimum absolute atomic E-state index is 0.0155. The summed E-state index contributed by atoms with van der Waals surface area (Å²) < 4.78 is 0. The first kappa shape index (κ1) is 12.7. The largest absolute Gasteiger partial charge is 0.382 e. The van der Waals surface area contributed by atoms with Gasteiger partial charge in [-0.15, -0.1) is 0 Å². The molecular weight excluding hydrogens is 248 g/mol. The van der Waals surface area contributed by atoms with Crippen LogP contribution in [0.15, 0.2) is 42.6 Å². The highest BCUT2D eigenvalue weighted by atomic mass is 15.2. The molecule has 0 fully saturated rings. The van der Waals surface area contributed by atoms with Gasteiger partial charge in [0.25, 0.3) is 0 Å². The van der Waals surface area contributed by atoms with Gasteiger partial charge in [0.05, 0.1) is 0 Å². The number of hydrogen-bond acceptors (Lipinski definition) is 3. The maximum atomic E-state index is 7.48. The number of nitrogens with one attached hydrogen (secondary N) is 1. The van der Waals surface area contributed by atoms with E-state index in [1.165, 1.54) is 11.3 Å². The van der Waals surface area contributed by atoms with Crippen LogP contribution in [0, 0.1) is 5.41 Å². The SMILES string of the molecule is CC1Cc2ccccc2N1Cc1ccnc(C(=N)N)c1. The van der Waals surface area contributed by atoms with E-state index in [0.717, 1.165) is 18.5 Å². The van der Waals surface area contributed by atoms with Crippen molar-refractivity contribution in [2.45, 2.75) is 25.9 Å². The molecule has 0 saturated carbocycles. The van der Waals surface area contributed by atoms with Crippen LogP contribution in [0.5, 0.6) is 0 Å². The minimum Gasteiger partial charge on any atom is -0.382 e. The van der Waals surface area contributed by atoms with Gasteiger partial charge in [-0.25, -0.2) is 0 Å². The van der Waals surface area contributed by atoms with E-state index < -0.39 is 0 Å². The lowest BCUT2D eigenvalue weighted by Crippen LogP contribution is -2.28. The van der Waals surface area contributed by atoms with Crippen molar-refractivity contribution in [1.82, 2.24) is 4.98 Å². The summed E-state index contributed by atoms with van der Waals surface area (Å²) in [6.45, 7) is 3.06. The lowest BCUT2D eigenvalue weighted by atomic mass is 10.1. The second-order valence-electron chi connectivity index (χ2n) is 5.27.